The fourth-order valence-electron chi connectivity index (χ4n) is 1.90. The quantitative estimate of drug-likeness (QED) is 0.658. The van der Waals surface area contributed by atoms with Crippen molar-refractivity contribution in [1.82, 2.24) is 9.62 Å². The molecule has 0 aromatic heterocycles. The van der Waals surface area contributed by atoms with Crippen LogP contribution in [0.2, 0.25) is 0 Å². The minimum Gasteiger partial charge on any atom is -0.468 e. The van der Waals surface area contributed by atoms with Crippen molar-refractivity contribution in [2.24, 2.45) is 0 Å². The van der Waals surface area contributed by atoms with Gasteiger partial charge in [-0.2, -0.15) is 0 Å². The van der Waals surface area contributed by atoms with Crippen molar-refractivity contribution in [3.63, 3.8) is 0 Å². The van der Waals surface area contributed by atoms with Crippen LogP contribution in [-0.4, -0.2) is 57.2 Å². The van der Waals surface area contributed by atoms with Gasteiger partial charge in [0.25, 0.3) is 0 Å². The van der Waals surface area contributed by atoms with Gasteiger partial charge >= 0.3 is 5.97 Å². The number of sulfonamides is 1. The van der Waals surface area contributed by atoms with Crippen LogP contribution in [0.1, 0.15) is 19.8 Å². The zero-order chi connectivity index (χ0) is 12.9. The fraction of sp³-hybridized carbons (Fsp3) is 0.900. The Morgan fingerprint density at radius 3 is 2.71 bits per heavy atom. The van der Waals surface area contributed by atoms with Gasteiger partial charge in [0.05, 0.1) is 7.11 Å². The molecule has 1 N–H and O–H groups in total. The van der Waals surface area contributed by atoms with Gasteiger partial charge in [0.15, 0.2) is 5.75 Å². The van der Waals surface area contributed by atoms with E-state index in [0.717, 1.165) is 19.4 Å². The molecule has 0 amide bonds. The van der Waals surface area contributed by atoms with E-state index in [0.29, 0.717) is 13.1 Å². The highest BCUT2D eigenvalue weighted by molar-refractivity contribution is 7.89. The minimum absolute atomic E-state index is 0.197. The Bertz CT molecular complexity index is 349. The van der Waals surface area contributed by atoms with Gasteiger partial charge in [0.1, 0.15) is 0 Å². The number of esters is 1. The summed E-state index contributed by atoms with van der Waals surface area (Å²) in [5.74, 6) is -1.30. The maximum absolute atomic E-state index is 11.9. The molecular formula is C10H20N2O4S. The van der Waals surface area contributed by atoms with Gasteiger partial charge < -0.3 is 10.1 Å². The summed E-state index contributed by atoms with van der Waals surface area (Å²) in [5, 5.41) is 3.24. The van der Waals surface area contributed by atoms with E-state index in [9.17, 15) is 13.2 Å². The number of likely N-dealkylation sites (N-methyl/N-ethyl adjacent to an activating group) is 1. The number of nitrogens with zero attached hydrogens (tertiary/aromatic N) is 1. The first-order chi connectivity index (χ1) is 7.99. The molecule has 0 spiro atoms. The summed E-state index contributed by atoms with van der Waals surface area (Å²) in [5.41, 5.74) is 0. The highest BCUT2D eigenvalue weighted by Crippen LogP contribution is 2.10. The molecule has 1 saturated heterocycles. The molecule has 0 bridgehead atoms. The smallest absolute Gasteiger partial charge is 0.322 e. The molecular weight excluding hydrogens is 244 g/mol. The van der Waals surface area contributed by atoms with Gasteiger partial charge in [-0.3, -0.25) is 4.79 Å². The van der Waals surface area contributed by atoms with Gasteiger partial charge in [0, 0.05) is 19.1 Å². The lowest BCUT2D eigenvalue weighted by Crippen LogP contribution is -2.43. The van der Waals surface area contributed by atoms with Crippen molar-refractivity contribution in [2.75, 3.05) is 32.5 Å². The zero-order valence-electron chi connectivity index (χ0n) is 10.3. The van der Waals surface area contributed by atoms with Gasteiger partial charge in [-0.05, 0) is 19.4 Å². The second-order valence-electron chi connectivity index (χ2n) is 4.08. The topological polar surface area (TPSA) is 75.7 Å². The Morgan fingerprint density at radius 1 is 1.53 bits per heavy atom. The zero-order valence-corrected chi connectivity index (χ0v) is 11.1. The summed E-state index contributed by atoms with van der Waals surface area (Å²) in [7, 11) is -2.37. The van der Waals surface area contributed by atoms with Crippen molar-refractivity contribution < 1.29 is 17.9 Å². The number of hydrogen-bond donors (Lipinski definition) is 1. The molecule has 0 saturated carbocycles. The number of nitrogens with one attached hydrogen (secondary N) is 1. The molecule has 1 rings (SSSR count). The lowest BCUT2D eigenvalue weighted by molar-refractivity contribution is -0.137. The van der Waals surface area contributed by atoms with E-state index in [1.54, 1.807) is 6.92 Å². The lowest BCUT2D eigenvalue weighted by Gasteiger charge is -2.23. The predicted molar refractivity (Wildman–Crippen MR) is 64.1 cm³/mol. The molecule has 1 atom stereocenters. The summed E-state index contributed by atoms with van der Waals surface area (Å²) in [6.07, 6.45) is 2.05. The van der Waals surface area contributed by atoms with Crippen LogP contribution in [0.25, 0.3) is 0 Å². The second kappa shape index (κ2) is 6.32. The van der Waals surface area contributed by atoms with Crippen molar-refractivity contribution >= 4 is 16.0 Å². The van der Waals surface area contributed by atoms with Crippen LogP contribution in [0.15, 0.2) is 0 Å². The molecule has 0 aliphatic carbocycles. The van der Waals surface area contributed by atoms with E-state index in [2.05, 4.69) is 10.1 Å². The van der Waals surface area contributed by atoms with Crippen molar-refractivity contribution in [3.8, 4) is 0 Å². The summed E-state index contributed by atoms with van der Waals surface area (Å²) >= 11 is 0. The number of ether oxygens (including phenoxy) is 1. The molecule has 1 heterocycles. The van der Waals surface area contributed by atoms with E-state index in [4.69, 9.17) is 0 Å². The van der Waals surface area contributed by atoms with Gasteiger partial charge in [-0.25, -0.2) is 12.7 Å². The molecule has 17 heavy (non-hydrogen) atoms. The van der Waals surface area contributed by atoms with Crippen LogP contribution in [0.3, 0.4) is 0 Å². The lowest BCUT2D eigenvalue weighted by atomic mass is 10.2. The second-order valence-corrected chi connectivity index (χ2v) is 6.05. The molecule has 1 aliphatic heterocycles. The minimum atomic E-state index is -3.55. The monoisotopic (exact) mass is 264 g/mol. The number of methoxy groups -OCH3 is 1. The van der Waals surface area contributed by atoms with E-state index in [1.165, 1.54) is 11.4 Å². The highest BCUT2D eigenvalue weighted by Gasteiger charge is 2.27. The average molecular weight is 264 g/mol. The first-order valence-corrected chi connectivity index (χ1v) is 7.38. The first kappa shape index (κ1) is 14.4. The Hall–Kier alpha value is -0.660. The average Bonchev–Trinajstić information content (AvgIpc) is 2.77. The Balaban J connectivity index is 2.61. The highest BCUT2D eigenvalue weighted by atomic mass is 32.2. The normalized spacial score (nSPS) is 20.8. The Labute approximate surface area is 102 Å². The maximum Gasteiger partial charge on any atom is 0.322 e. The van der Waals surface area contributed by atoms with Crippen LogP contribution in [0.4, 0.5) is 0 Å². The molecule has 6 nitrogen and oxygen atoms in total. The number of carbonyl (C=O) groups is 1. The molecule has 0 aromatic carbocycles. The fourth-order valence-corrected chi connectivity index (χ4v) is 3.30. The van der Waals surface area contributed by atoms with Gasteiger partial charge in [-0.15, -0.1) is 0 Å². The molecule has 7 heteroatoms. The van der Waals surface area contributed by atoms with E-state index in [-0.39, 0.29) is 6.04 Å². The largest absolute Gasteiger partial charge is 0.468 e. The molecule has 0 aromatic rings. The van der Waals surface area contributed by atoms with Crippen molar-refractivity contribution in [3.05, 3.63) is 0 Å². The maximum atomic E-state index is 11.9. The molecule has 100 valence electrons. The van der Waals surface area contributed by atoms with Crippen molar-refractivity contribution in [2.45, 2.75) is 25.8 Å². The summed E-state index contributed by atoms with van der Waals surface area (Å²) in [4.78, 5) is 11.0. The molecule has 1 unspecified atom stereocenters. The van der Waals surface area contributed by atoms with Crippen LogP contribution in [0.5, 0.6) is 0 Å². The number of carbonyl (C=O) groups excluding carboxylic acids is 1. The third kappa shape index (κ3) is 4.25. The summed E-state index contributed by atoms with van der Waals surface area (Å²) in [6, 6.07) is 0.197. The molecule has 1 aliphatic rings. The van der Waals surface area contributed by atoms with Gasteiger partial charge in [-0.1, -0.05) is 6.92 Å². The van der Waals surface area contributed by atoms with Crippen molar-refractivity contribution in [1.29, 1.82) is 0 Å². The SMILES string of the molecule is CCN(CC1CCCN1)S(=O)(=O)CC(=O)OC. The Morgan fingerprint density at radius 2 is 2.24 bits per heavy atom. The Kier molecular flexibility index (Phi) is 5.35. The van der Waals surface area contributed by atoms with E-state index in [1.807, 2.05) is 0 Å². The third-order valence-corrected chi connectivity index (χ3v) is 4.65. The summed E-state index contributed by atoms with van der Waals surface area (Å²) in [6.45, 7) is 3.50. The standard InChI is InChI=1S/C10H20N2O4S/c1-3-12(7-9-5-4-6-11-9)17(14,15)8-10(13)16-2/h9,11H,3-8H2,1-2H3. The predicted octanol–water partition coefficient (Wildman–Crippen LogP) is -0.437. The molecule has 0 radical (unpaired) electrons. The van der Waals surface area contributed by atoms with Crippen LogP contribution in [-0.2, 0) is 19.6 Å². The van der Waals surface area contributed by atoms with Gasteiger partial charge in [0.2, 0.25) is 10.0 Å². The van der Waals surface area contributed by atoms with Crippen LogP contribution >= 0.6 is 0 Å². The number of rotatable bonds is 6. The first-order valence-electron chi connectivity index (χ1n) is 5.77. The van der Waals surface area contributed by atoms with E-state index >= 15 is 0 Å². The van der Waals surface area contributed by atoms with E-state index < -0.39 is 21.7 Å². The third-order valence-electron chi connectivity index (χ3n) is 2.86. The van der Waals surface area contributed by atoms with Crippen LogP contribution in [0, 0.1) is 0 Å². The summed E-state index contributed by atoms with van der Waals surface area (Å²) < 4.78 is 29.6. The number of hydrogen-bond acceptors (Lipinski definition) is 5. The molecule has 1 fully saturated rings. The van der Waals surface area contributed by atoms with Crippen LogP contribution < -0.4 is 5.32 Å².